The number of nitrogens with zero attached hydrogens (tertiary/aromatic N) is 3. The minimum atomic E-state index is -0.923. The standard InChI is InChI=1S/C26H32N4O2/c1-26(2,28-23(31)19-20-8-4-3-5-9-20)25(32)30-15-6-10-21(12-16-30)18-22-11-7-14-29-17-13-27-24(22)29/h3-5,7-9,11,13-14,17,21H,6,10,12,15-16,18-19H2,1-2H3,(H,28,31)/t21-/m1/s1. The summed E-state index contributed by atoms with van der Waals surface area (Å²) in [4.78, 5) is 32.2. The number of carbonyl (C=O) groups excluding carboxylic acids is 2. The van der Waals surface area contributed by atoms with Gasteiger partial charge in [-0.25, -0.2) is 4.98 Å². The number of hydrogen-bond acceptors (Lipinski definition) is 3. The first kappa shape index (κ1) is 22.1. The van der Waals surface area contributed by atoms with E-state index in [0.717, 1.165) is 50.0 Å². The van der Waals surface area contributed by atoms with Crippen LogP contribution in [0.25, 0.3) is 5.65 Å². The average Bonchev–Trinajstić information content (AvgIpc) is 3.14. The van der Waals surface area contributed by atoms with Gasteiger partial charge in [0.2, 0.25) is 11.8 Å². The molecule has 32 heavy (non-hydrogen) atoms. The van der Waals surface area contributed by atoms with E-state index >= 15 is 0 Å². The molecule has 0 bridgehead atoms. The fourth-order valence-electron chi connectivity index (χ4n) is 4.67. The zero-order chi connectivity index (χ0) is 22.6. The number of aromatic nitrogens is 2. The van der Waals surface area contributed by atoms with Crippen LogP contribution in [-0.4, -0.2) is 44.7 Å². The Morgan fingerprint density at radius 1 is 1.06 bits per heavy atom. The molecule has 6 nitrogen and oxygen atoms in total. The molecular weight excluding hydrogens is 400 g/mol. The van der Waals surface area contributed by atoms with Gasteiger partial charge in [-0.05, 0) is 62.6 Å². The molecule has 1 aliphatic heterocycles. The monoisotopic (exact) mass is 432 g/mol. The number of fused-ring (bicyclic) bond motifs is 1. The zero-order valence-corrected chi connectivity index (χ0v) is 19.0. The second kappa shape index (κ2) is 9.55. The second-order valence-corrected chi connectivity index (χ2v) is 9.32. The van der Waals surface area contributed by atoms with Crippen molar-refractivity contribution < 1.29 is 9.59 Å². The van der Waals surface area contributed by atoms with Gasteiger partial charge < -0.3 is 14.6 Å². The van der Waals surface area contributed by atoms with Crippen molar-refractivity contribution >= 4 is 17.5 Å². The third kappa shape index (κ3) is 5.18. The van der Waals surface area contributed by atoms with E-state index in [1.54, 1.807) is 13.8 Å². The summed E-state index contributed by atoms with van der Waals surface area (Å²) in [7, 11) is 0. The van der Waals surface area contributed by atoms with Gasteiger partial charge in [-0.1, -0.05) is 36.4 Å². The van der Waals surface area contributed by atoms with Crippen molar-refractivity contribution in [1.29, 1.82) is 0 Å². The predicted molar refractivity (Wildman–Crippen MR) is 125 cm³/mol. The number of rotatable bonds is 6. The van der Waals surface area contributed by atoms with Crippen molar-refractivity contribution in [2.24, 2.45) is 5.92 Å². The van der Waals surface area contributed by atoms with Crippen molar-refractivity contribution in [3.63, 3.8) is 0 Å². The molecule has 168 valence electrons. The molecule has 1 fully saturated rings. The molecule has 6 heteroatoms. The number of likely N-dealkylation sites (tertiary alicyclic amines) is 1. The Morgan fingerprint density at radius 2 is 1.88 bits per heavy atom. The SMILES string of the molecule is CC(C)(NC(=O)Cc1ccccc1)C(=O)N1CCC[C@@H](Cc2cccn3ccnc23)CC1. The molecule has 0 spiro atoms. The Labute approximate surface area is 189 Å². The fourth-order valence-corrected chi connectivity index (χ4v) is 4.67. The van der Waals surface area contributed by atoms with E-state index in [9.17, 15) is 9.59 Å². The van der Waals surface area contributed by atoms with Crippen molar-refractivity contribution in [1.82, 2.24) is 19.6 Å². The van der Waals surface area contributed by atoms with Crippen molar-refractivity contribution in [2.45, 2.75) is 51.5 Å². The van der Waals surface area contributed by atoms with Crippen molar-refractivity contribution in [3.8, 4) is 0 Å². The highest BCUT2D eigenvalue weighted by molar-refractivity contribution is 5.91. The van der Waals surface area contributed by atoms with Crippen LogP contribution in [0.3, 0.4) is 0 Å². The fraction of sp³-hybridized carbons (Fsp3) is 0.423. The van der Waals surface area contributed by atoms with Gasteiger partial charge >= 0.3 is 0 Å². The van der Waals surface area contributed by atoms with Gasteiger partial charge in [0.1, 0.15) is 11.2 Å². The normalized spacial score (nSPS) is 17.2. The Hall–Kier alpha value is -3.15. The first-order chi connectivity index (χ1) is 15.4. The van der Waals surface area contributed by atoms with Crippen LogP contribution in [0.15, 0.2) is 61.1 Å². The summed E-state index contributed by atoms with van der Waals surface area (Å²) in [6.45, 7) is 5.07. The summed E-state index contributed by atoms with van der Waals surface area (Å²) >= 11 is 0. The van der Waals surface area contributed by atoms with Crippen molar-refractivity contribution in [2.75, 3.05) is 13.1 Å². The third-order valence-corrected chi connectivity index (χ3v) is 6.34. The summed E-state index contributed by atoms with van der Waals surface area (Å²) in [6.07, 6.45) is 10.1. The van der Waals surface area contributed by atoms with Gasteiger partial charge in [0.25, 0.3) is 0 Å². The van der Waals surface area contributed by atoms with Crippen LogP contribution < -0.4 is 5.32 Å². The molecule has 1 saturated heterocycles. The van der Waals surface area contributed by atoms with E-state index in [4.69, 9.17) is 0 Å². The molecule has 0 aliphatic carbocycles. The summed E-state index contributed by atoms with van der Waals surface area (Å²) in [5.74, 6) is 0.386. The second-order valence-electron chi connectivity index (χ2n) is 9.32. The van der Waals surface area contributed by atoms with Crippen LogP contribution in [0.5, 0.6) is 0 Å². The van der Waals surface area contributed by atoms with E-state index < -0.39 is 5.54 Å². The molecule has 1 N–H and O–H groups in total. The maximum atomic E-state index is 13.3. The lowest BCUT2D eigenvalue weighted by molar-refractivity contribution is -0.140. The molecule has 2 aromatic heterocycles. The summed E-state index contributed by atoms with van der Waals surface area (Å²) in [5, 5.41) is 2.95. The highest BCUT2D eigenvalue weighted by atomic mass is 16.2. The first-order valence-electron chi connectivity index (χ1n) is 11.5. The zero-order valence-electron chi connectivity index (χ0n) is 19.0. The Balaban J connectivity index is 1.34. The molecule has 2 amide bonds. The quantitative estimate of drug-likeness (QED) is 0.647. The number of imidazole rings is 1. The molecule has 1 aliphatic rings. The van der Waals surface area contributed by atoms with Crippen LogP contribution in [0, 0.1) is 5.92 Å². The van der Waals surface area contributed by atoms with Gasteiger partial charge in [0.05, 0.1) is 6.42 Å². The maximum Gasteiger partial charge on any atom is 0.247 e. The number of amides is 2. The van der Waals surface area contributed by atoms with Crippen LogP contribution in [0.1, 0.15) is 44.2 Å². The number of nitrogens with one attached hydrogen (secondary N) is 1. The largest absolute Gasteiger partial charge is 0.342 e. The lowest BCUT2D eigenvalue weighted by atomic mass is 9.93. The van der Waals surface area contributed by atoms with E-state index in [-0.39, 0.29) is 18.2 Å². The van der Waals surface area contributed by atoms with E-state index in [1.165, 1.54) is 5.56 Å². The number of pyridine rings is 1. The van der Waals surface area contributed by atoms with Gasteiger partial charge in [0.15, 0.2) is 0 Å². The van der Waals surface area contributed by atoms with E-state index in [0.29, 0.717) is 5.92 Å². The Bertz CT molecular complexity index is 1070. The first-order valence-corrected chi connectivity index (χ1v) is 11.5. The summed E-state index contributed by atoms with van der Waals surface area (Å²) < 4.78 is 2.06. The van der Waals surface area contributed by atoms with Crippen LogP contribution in [-0.2, 0) is 22.4 Å². The van der Waals surface area contributed by atoms with Gasteiger partial charge in [0, 0.05) is 31.7 Å². The minimum absolute atomic E-state index is 0.00470. The maximum absolute atomic E-state index is 13.3. The number of hydrogen-bond donors (Lipinski definition) is 1. The summed E-state index contributed by atoms with van der Waals surface area (Å²) in [5.41, 5.74) is 2.30. The molecular formula is C26H32N4O2. The average molecular weight is 433 g/mol. The highest BCUT2D eigenvalue weighted by Gasteiger charge is 2.34. The van der Waals surface area contributed by atoms with Crippen LogP contribution in [0.2, 0.25) is 0 Å². The smallest absolute Gasteiger partial charge is 0.247 e. The van der Waals surface area contributed by atoms with Crippen molar-refractivity contribution in [3.05, 3.63) is 72.2 Å². The molecule has 3 heterocycles. The van der Waals surface area contributed by atoms with E-state index in [2.05, 4.69) is 26.8 Å². The summed E-state index contributed by atoms with van der Waals surface area (Å²) in [6, 6.07) is 13.8. The Morgan fingerprint density at radius 3 is 2.69 bits per heavy atom. The molecule has 3 aromatic rings. The van der Waals surface area contributed by atoms with Gasteiger partial charge in [-0.15, -0.1) is 0 Å². The van der Waals surface area contributed by atoms with Gasteiger partial charge in [-0.2, -0.15) is 0 Å². The van der Waals surface area contributed by atoms with Crippen LogP contribution in [0.4, 0.5) is 0 Å². The lowest BCUT2D eigenvalue weighted by Crippen LogP contribution is -2.56. The predicted octanol–water partition coefficient (Wildman–Crippen LogP) is 3.64. The number of benzene rings is 1. The molecule has 4 rings (SSSR count). The number of carbonyl (C=O) groups is 2. The molecule has 0 saturated carbocycles. The highest BCUT2D eigenvalue weighted by Crippen LogP contribution is 2.25. The topological polar surface area (TPSA) is 66.7 Å². The van der Waals surface area contributed by atoms with Crippen LogP contribution >= 0.6 is 0 Å². The Kier molecular flexibility index (Phi) is 6.58. The molecule has 1 atom stereocenters. The molecule has 0 radical (unpaired) electrons. The van der Waals surface area contributed by atoms with E-state index in [1.807, 2.05) is 53.8 Å². The molecule has 0 unspecified atom stereocenters. The minimum Gasteiger partial charge on any atom is -0.342 e. The third-order valence-electron chi connectivity index (χ3n) is 6.34. The van der Waals surface area contributed by atoms with Gasteiger partial charge in [-0.3, -0.25) is 9.59 Å². The molecule has 1 aromatic carbocycles. The lowest BCUT2D eigenvalue weighted by Gasteiger charge is -2.32.